The maximum atomic E-state index is 12.3. The second-order valence-corrected chi connectivity index (χ2v) is 9.33. The van der Waals surface area contributed by atoms with E-state index >= 15 is 0 Å². The van der Waals surface area contributed by atoms with Gasteiger partial charge >= 0.3 is 5.97 Å². The van der Waals surface area contributed by atoms with Gasteiger partial charge in [0, 0.05) is 4.90 Å². The highest BCUT2D eigenvalue weighted by Crippen LogP contribution is 2.30. The summed E-state index contributed by atoms with van der Waals surface area (Å²) in [7, 11) is 0. The van der Waals surface area contributed by atoms with Gasteiger partial charge in [0.2, 0.25) is 0 Å². The Labute approximate surface area is 185 Å². The number of aliphatic hydroxyl groups excluding tert-OH is 1. The van der Waals surface area contributed by atoms with E-state index in [-0.39, 0.29) is 12.1 Å². The number of hydrogen-bond donors (Lipinski definition) is 1. The highest BCUT2D eigenvalue weighted by atomic mass is 32.2. The summed E-state index contributed by atoms with van der Waals surface area (Å²) in [6.45, 7) is 11.1. The molecule has 30 heavy (non-hydrogen) atoms. The van der Waals surface area contributed by atoms with Gasteiger partial charge in [0.1, 0.15) is 5.75 Å². The highest BCUT2D eigenvalue weighted by Gasteiger charge is 2.33. The number of ether oxygens (including phenoxy) is 2. The van der Waals surface area contributed by atoms with E-state index in [9.17, 15) is 9.90 Å². The molecule has 1 N–H and O–H groups in total. The lowest BCUT2D eigenvalue weighted by Crippen LogP contribution is -2.41. The molecule has 0 saturated carbocycles. The van der Waals surface area contributed by atoms with Crippen molar-refractivity contribution in [3.05, 3.63) is 58.7 Å². The molecular weight excluding hydrogens is 396 g/mol. The van der Waals surface area contributed by atoms with Gasteiger partial charge in [-0.25, -0.2) is 4.79 Å². The van der Waals surface area contributed by atoms with Gasteiger partial charge in [0.15, 0.2) is 5.60 Å². The minimum atomic E-state index is -1.07. The normalized spacial score (nSPS) is 12.7. The molecule has 2 aromatic rings. The molecule has 2 aromatic carbocycles. The Morgan fingerprint density at radius 2 is 1.67 bits per heavy atom. The van der Waals surface area contributed by atoms with E-state index in [0.717, 1.165) is 28.7 Å². The quantitative estimate of drug-likeness (QED) is 0.402. The van der Waals surface area contributed by atoms with Crippen molar-refractivity contribution in [1.29, 1.82) is 0 Å². The van der Waals surface area contributed by atoms with Crippen molar-refractivity contribution in [2.24, 2.45) is 0 Å². The molecule has 0 aliphatic carbocycles. The predicted octanol–water partition coefficient (Wildman–Crippen LogP) is 5.80. The Morgan fingerprint density at radius 1 is 1.10 bits per heavy atom. The summed E-state index contributed by atoms with van der Waals surface area (Å²) in [4.78, 5) is 13.5. The molecule has 0 saturated heterocycles. The van der Waals surface area contributed by atoms with E-state index in [1.54, 1.807) is 25.6 Å². The van der Waals surface area contributed by atoms with Crippen LogP contribution in [0.25, 0.3) is 0 Å². The maximum absolute atomic E-state index is 12.3. The molecule has 0 aromatic heterocycles. The number of carbonyl (C=O) groups is 1. The minimum absolute atomic E-state index is 0.187. The minimum Gasteiger partial charge on any atom is -0.476 e. The van der Waals surface area contributed by atoms with Crippen molar-refractivity contribution >= 4 is 17.7 Å². The molecule has 2 rings (SSSR count). The highest BCUT2D eigenvalue weighted by molar-refractivity contribution is 7.98. The first kappa shape index (κ1) is 24.3. The van der Waals surface area contributed by atoms with Crippen LogP contribution in [0.3, 0.4) is 0 Å². The zero-order chi connectivity index (χ0) is 22.5. The van der Waals surface area contributed by atoms with Crippen molar-refractivity contribution < 1.29 is 19.4 Å². The Kier molecular flexibility index (Phi) is 8.39. The van der Waals surface area contributed by atoms with Crippen LogP contribution in [0.4, 0.5) is 0 Å². The van der Waals surface area contributed by atoms with Crippen LogP contribution in [0.15, 0.2) is 41.3 Å². The lowest BCUT2D eigenvalue weighted by atomic mass is 9.98. The largest absolute Gasteiger partial charge is 0.476 e. The molecule has 0 fully saturated rings. The molecule has 0 aliphatic heterocycles. The van der Waals surface area contributed by atoms with Crippen molar-refractivity contribution in [3.8, 4) is 5.75 Å². The van der Waals surface area contributed by atoms with Gasteiger partial charge in [-0.2, -0.15) is 0 Å². The monoisotopic (exact) mass is 430 g/mol. The van der Waals surface area contributed by atoms with Crippen LogP contribution in [0.2, 0.25) is 0 Å². The maximum Gasteiger partial charge on any atom is 0.350 e. The Morgan fingerprint density at radius 3 is 2.17 bits per heavy atom. The first-order valence-corrected chi connectivity index (χ1v) is 11.6. The van der Waals surface area contributed by atoms with Gasteiger partial charge in [0.05, 0.1) is 12.2 Å². The molecule has 4 nitrogen and oxygen atoms in total. The molecule has 164 valence electrons. The Hall–Kier alpha value is -1.98. The van der Waals surface area contributed by atoms with Crippen LogP contribution in [-0.2, 0) is 16.0 Å². The van der Waals surface area contributed by atoms with Crippen molar-refractivity contribution in [3.63, 3.8) is 0 Å². The number of aliphatic hydroxyl groups is 1. The summed E-state index contributed by atoms with van der Waals surface area (Å²) in [6.07, 6.45) is 2.75. The zero-order valence-electron chi connectivity index (χ0n) is 19.1. The lowest BCUT2D eigenvalue weighted by Gasteiger charge is -2.27. The standard InChI is InChI=1S/C25H34O4S/c1-16(2)28-24(27)25(5,6)29-23-17(3)14-19(15-18(23)4)8-13-22(26)20-9-11-21(30-7)12-10-20/h9-12,14-16,22,26H,8,13H2,1-7H3. The van der Waals surface area contributed by atoms with Gasteiger partial charge in [-0.3, -0.25) is 0 Å². The molecule has 0 amide bonds. The molecule has 1 unspecified atom stereocenters. The third-order valence-corrected chi connectivity index (χ3v) is 5.66. The molecule has 0 bridgehead atoms. The summed E-state index contributed by atoms with van der Waals surface area (Å²) in [6, 6.07) is 12.2. The van der Waals surface area contributed by atoms with Crippen LogP contribution in [0.1, 0.15) is 62.5 Å². The van der Waals surface area contributed by atoms with E-state index in [0.29, 0.717) is 12.2 Å². The van der Waals surface area contributed by atoms with E-state index in [1.165, 1.54) is 4.90 Å². The molecule has 5 heteroatoms. The number of aryl methyl sites for hydroxylation is 3. The number of thioether (sulfide) groups is 1. The van der Waals surface area contributed by atoms with Crippen LogP contribution in [0.5, 0.6) is 5.75 Å². The molecule has 0 spiro atoms. The first-order valence-electron chi connectivity index (χ1n) is 10.4. The second kappa shape index (κ2) is 10.4. The molecule has 1 atom stereocenters. The van der Waals surface area contributed by atoms with Crippen molar-refractivity contribution in [2.75, 3.05) is 6.26 Å². The Balaban J connectivity index is 2.07. The Bertz CT molecular complexity index is 833. The van der Waals surface area contributed by atoms with E-state index in [1.807, 2.05) is 58.2 Å². The van der Waals surface area contributed by atoms with Crippen molar-refractivity contribution in [2.45, 2.75) is 77.1 Å². The van der Waals surface area contributed by atoms with E-state index in [2.05, 4.69) is 12.1 Å². The van der Waals surface area contributed by atoms with Crippen LogP contribution in [0, 0.1) is 13.8 Å². The average Bonchev–Trinajstić information content (AvgIpc) is 2.68. The summed E-state index contributed by atoms with van der Waals surface area (Å²) < 4.78 is 11.4. The van der Waals surface area contributed by atoms with Crippen LogP contribution < -0.4 is 4.74 Å². The third kappa shape index (κ3) is 6.51. The molecular formula is C25H34O4S. The number of benzene rings is 2. The van der Waals surface area contributed by atoms with Crippen LogP contribution in [-0.4, -0.2) is 29.0 Å². The summed E-state index contributed by atoms with van der Waals surface area (Å²) in [5.74, 6) is 0.327. The average molecular weight is 431 g/mol. The van der Waals surface area contributed by atoms with Crippen LogP contribution >= 0.6 is 11.8 Å². The fraction of sp³-hybridized carbons (Fsp3) is 0.480. The zero-order valence-corrected chi connectivity index (χ0v) is 19.9. The smallest absolute Gasteiger partial charge is 0.350 e. The van der Waals surface area contributed by atoms with Gasteiger partial charge in [0.25, 0.3) is 0 Å². The lowest BCUT2D eigenvalue weighted by molar-refractivity contribution is -0.163. The van der Waals surface area contributed by atoms with Gasteiger partial charge in [-0.15, -0.1) is 11.8 Å². The number of esters is 1. The second-order valence-electron chi connectivity index (χ2n) is 8.45. The molecule has 0 radical (unpaired) electrons. The fourth-order valence-corrected chi connectivity index (χ4v) is 3.70. The summed E-state index contributed by atoms with van der Waals surface area (Å²) in [5.41, 5.74) is 2.94. The molecule has 0 heterocycles. The number of carbonyl (C=O) groups excluding carboxylic acids is 1. The van der Waals surface area contributed by atoms with Gasteiger partial charge in [-0.1, -0.05) is 24.3 Å². The van der Waals surface area contributed by atoms with Crippen molar-refractivity contribution in [1.82, 2.24) is 0 Å². The summed E-state index contributed by atoms with van der Waals surface area (Å²) in [5, 5.41) is 10.5. The fourth-order valence-electron chi connectivity index (χ4n) is 3.29. The first-order chi connectivity index (χ1) is 14.0. The SMILES string of the molecule is CSc1ccc(C(O)CCc2cc(C)c(OC(C)(C)C(=O)OC(C)C)c(C)c2)cc1. The molecule has 0 aliphatic rings. The van der Waals surface area contributed by atoms with Gasteiger partial charge < -0.3 is 14.6 Å². The number of hydrogen-bond acceptors (Lipinski definition) is 5. The van der Waals surface area contributed by atoms with Gasteiger partial charge in [-0.05, 0) is 95.0 Å². The number of rotatable bonds is 9. The van der Waals surface area contributed by atoms with E-state index in [4.69, 9.17) is 9.47 Å². The predicted molar refractivity (Wildman–Crippen MR) is 123 cm³/mol. The van der Waals surface area contributed by atoms with E-state index < -0.39 is 11.7 Å². The topological polar surface area (TPSA) is 55.8 Å². The third-order valence-electron chi connectivity index (χ3n) is 4.92. The summed E-state index contributed by atoms with van der Waals surface area (Å²) >= 11 is 1.69.